The molecule has 0 radical (unpaired) electrons. The minimum absolute atomic E-state index is 0.143. The molecule has 78 valence electrons. The molecule has 0 atom stereocenters. The smallest absolute Gasteiger partial charge is 0.128 e. The number of unbranched alkanes of at least 4 members (excludes halogenated alkanes) is 1. The fourth-order valence-corrected chi connectivity index (χ4v) is 1.64. The highest BCUT2D eigenvalue weighted by molar-refractivity contribution is 9.10. The largest absolute Gasteiger partial charge is 0.154 e. The van der Waals surface area contributed by atoms with Crippen LogP contribution < -0.4 is 0 Å². The molecule has 0 aliphatic carbocycles. The Kier molecular flexibility index (Phi) is 4.05. The van der Waals surface area contributed by atoms with E-state index in [-0.39, 0.29) is 5.41 Å². The van der Waals surface area contributed by atoms with Gasteiger partial charge in [0.2, 0.25) is 0 Å². The molecule has 2 nitrogen and oxygen atoms in total. The fraction of sp³-hybridized carbons (Fsp3) is 0.636. The van der Waals surface area contributed by atoms with E-state index in [0.717, 1.165) is 10.3 Å². The number of rotatable bonds is 4. The van der Waals surface area contributed by atoms with Crippen molar-refractivity contribution in [1.29, 1.82) is 0 Å². The summed E-state index contributed by atoms with van der Waals surface area (Å²) in [6.45, 7) is 6.66. The summed E-state index contributed by atoms with van der Waals surface area (Å²) in [7, 11) is 0. The van der Waals surface area contributed by atoms with E-state index < -0.39 is 0 Å². The zero-order chi connectivity index (χ0) is 10.6. The third kappa shape index (κ3) is 3.05. The third-order valence-corrected chi connectivity index (χ3v) is 2.90. The van der Waals surface area contributed by atoms with E-state index in [2.05, 4.69) is 46.9 Å². The van der Waals surface area contributed by atoms with Gasteiger partial charge in [-0.2, -0.15) is 5.10 Å². The van der Waals surface area contributed by atoms with Gasteiger partial charge in [0.25, 0.3) is 0 Å². The van der Waals surface area contributed by atoms with Crippen LogP contribution in [-0.2, 0) is 5.41 Å². The maximum Gasteiger partial charge on any atom is 0.128 e. The molecule has 0 amide bonds. The summed E-state index contributed by atoms with van der Waals surface area (Å²) in [5, 5.41) is 8.23. The number of hydrogen-bond donors (Lipinski definition) is 0. The van der Waals surface area contributed by atoms with Crippen LogP contribution in [0.2, 0.25) is 0 Å². The number of aromatic nitrogens is 2. The monoisotopic (exact) mass is 256 g/mol. The molecular weight excluding hydrogens is 240 g/mol. The Morgan fingerprint density at radius 3 is 2.50 bits per heavy atom. The Labute approximate surface area is 94.3 Å². The number of nitrogens with zero attached hydrogens (tertiary/aromatic N) is 2. The molecule has 3 heteroatoms. The minimum Gasteiger partial charge on any atom is -0.154 e. The quantitative estimate of drug-likeness (QED) is 0.821. The summed E-state index contributed by atoms with van der Waals surface area (Å²) in [5.41, 5.74) is 1.22. The lowest BCUT2D eigenvalue weighted by Crippen LogP contribution is -2.19. The van der Waals surface area contributed by atoms with Crippen LogP contribution in [0.25, 0.3) is 0 Å². The van der Waals surface area contributed by atoms with Gasteiger partial charge in [-0.25, -0.2) is 0 Å². The van der Waals surface area contributed by atoms with Crippen LogP contribution in [0.5, 0.6) is 0 Å². The standard InChI is InChI=1S/C11H17BrN2/c1-4-5-8-11(2,3)9-6-7-10(12)14-13-9/h6-7H,4-5,8H2,1-3H3. The van der Waals surface area contributed by atoms with E-state index >= 15 is 0 Å². The molecule has 0 unspecified atom stereocenters. The summed E-state index contributed by atoms with van der Waals surface area (Å²) in [4.78, 5) is 0. The molecule has 0 fully saturated rings. The van der Waals surface area contributed by atoms with Gasteiger partial charge in [-0.1, -0.05) is 33.6 Å². The van der Waals surface area contributed by atoms with Gasteiger partial charge in [0.1, 0.15) is 4.60 Å². The molecular formula is C11H17BrN2. The van der Waals surface area contributed by atoms with Gasteiger partial charge in [0.05, 0.1) is 5.69 Å². The van der Waals surface area contributed by atoms with E-state index in [9.17, 15) is 0 Å². The first kappa shape index (κ1) is 11.6. The average Bonchev–Trinajstić information content (AvgIpc) is 2.16. The molecule has 1 heterocycles. The summed E-state index contributed by atoms with van der Waals surface area (Å²) in [6.07, 6.45) is 3.64. The summed E-state index contributed by atoms with van der Waals surface area (Å²) in [6, 6.07) is 4.00. The van der Waals surface area contributed by atoms with Crippen molar-refractivity contribution in [2.24, 2.45) is 0 Å². The van der Waals surface area contributed by atoms with Crippen LogP contribution in [0.4, 0.5) is 0 Å². The van der Waals surface area contributed by atoms with Crippen LogP contribution in [0, 0.1) is 0 Å². The molecule has 0 bridgehead atoms. The minimum atomic E-state index is 0.143. The lowest BCUT2D eigenvalue weighted by atomic mass is 9.84. The molecule has 0 saturated heterocycles. The molecule has 1 aromatic heterocycles. The predicted molar refractivity (Wildman–Crippen MR) is 62.3 cm³/mol. The maximum absolute atomic E-state index is 4.21. The highest BCUT2D eigenvalue weighted by Gasteiger charge is 2.21. The van der Waals surface area contributed by atoms with Gasteiger partial charge in [0.15, 0.2) is 0 Å². The Hall–Kier alpha value is -0.440. The fourth-order valence-electron chi connectivity index (χ4n) is 1.42. The van der Waals surface area contributed by atoms with E-state index in [1.807, 2.05) is 12.1 Å². The van der Waals surface area contributed by atoms with Gasteiger partial charge in [-0.3, -0.25) is 0 Å². The van der Waals surface area contributed by atoms with Gasteiger partial charge < -0.3 is 0 Å². The molecule has 0 N–H and O–H groups in total. The second kappa shape index (κ2) is 4.87. The average molecular weight is 257 g/mol. The SMILES string of the molecule is CCCCC(C)(C)c1ccc(Br)nn1. The lowest BCUT2D eigenvalue weighted by molar-refractivity contribution is 0.440. The third-order valence-electron chi connectivity index (χ3n) is 2.48. The molecule has 1 rings (SSSR count). The molecule has 0 aromatic carbocycles. The van der Waals surface area contributed by atoms with Crippen LogP contribution >= 0.6 is 15.9 Å². The summed E-state index contributed by atoms with van der Waals surface area (Å²) < 4.78 is 0.799. The highest BCUT2D eigenvalue weighted by Crippen LogP contribution is 2.27. The van der Waals surface area contributed by atoms with Gasteiger partial charge in [0, 0.05) is 5.41 Å². The Morgan fingerprint density at radius 2 is 2.00 bits per heavy atom. The first-order valence-corrected chi connectivity index (χ1v) is 5.85. The number of hydrogen-bond acceptors (Lipinski definition) is 2. The van der Waals surface area contributed by atoms with Gasteiger partial charge in [-0.15, -0.1) is 5.10 Å². The summed E-state index contributed by atoms with van der Waals surface area (Å²) in [5.74, 6) is 0. The molecule has 1 aromatic rings. The van der Waals surface area contributed by atoms with E-state index in [0.29, 0.717) is 0 Å². The summed E-state index contributed by atoms with van der Waals surface area (Å²) >= 11 is 3.29. The Bertz CT molecular complexity index is 280. The van der Waals surface area contributed by atoms with Crippen LogP contribution in [0.3, 0.4) is 0 Å². The topological polar surface area (TPSA) is 25.8 Å². The van der Waals surface area contributed by atoms with Crippen molar-refractivity contribution in [2.45, 2.75) is 45.4 Å². The maximum atomic E-state index is 4.21. The second-order valence-corrected chi connectivity index (χ2v) is 5.04. The van der Waals surface area contributed by atoms with Crippen molar-refractivity contribution in [3.05, 3.63) is 22.4 Å². The van der Waals surface area contributed by atoms with Gasteiger partial charge >= 0.3 is 0 Å². The van der Waals surface area contributed by atoms with E-state index in [4.69, 9.17) is 0 Å². The first-order chi connectivity index (χ1) is 6.56. The second-order valence-electron chi connectivity index (χ2n) is 4.23. The van der Waals surface area contributed by atoms with Crippen molar-refractivity contribution in [1.82, 2.24) is 10.2 Å². The van der Waals surface area contributed by atoms with Crippen molar-refractivity contribution in [3.8, 4) is 0 Å². The van der Waals surface area contributed by atoms with E-state index in [1.54, 1.807) is 0 Å². The normalized spacial score (nSPS) is 11.7. The van der Waals surface area contributed by atoms with Crippen molar-refractivity contribution in [2.75, 3.05) is 0 Å². The molecule has 0 aliphatic heterocycles. The van der Waals surface area contributed by atoms with Crippen molar-refractivity contribution < 1.29 is 0 Å². The molecule has 0 saturated carbocycles. The van der Waals surface area contributed by atoms with E-state index in [1.165, 1.54) is 19.3 Å². The number of halogens is 1. The zero-order valence-electron chi connectivity index (χ0n) is 9.05. The van der Waals surface area contributed by atoms with Crippen LogP contribution in [-0.4, -0.2) is 10.2 Å². The zero-order valence-corrected chi connectivity index (χ0v) is 10.6. The Morgan fingerprint density at radius 1 is 1.29 bits per heavy atom. The lowest BCUT2D eigenvalue weighted by Gasteiger charge is -2.22. The predicted octanol–water partition coefficient (Wildman–Crippen LogP) is 3.71. The first-order valence-electron chi connectivity index (χ1n) is 5.06. The van der Waals surface area contributed by atoms with Crippen LogP contribution in [0.15, 0.2) is 16.7 Å². The molecule has 14 heavy (non-hydrogen) atoms. The van der Waals surface area contributed by atoms with Crippen molar-refractivity contribution >= 4 is 15.9 Å². The molecule has 0 aliphatic rings. The highest BCUT2D eigenvalue weighted by atomic mass is 79.9. The Balaban J connectivity index is 2.75. The van der Waals surface area contributed by atoms with Crippen LogP contribution in [0.1, 0.15) is 45.7 Å². The molecule has 0 spiro atoms. The van der Waals surface area contributed by atoms with Crippen molar-refractivity contribution in [3.63, 3.8) is 0 Å². The van der Waals surface area contributed by atoms with Gasteiger partial charge in [-0.05, 0) is 34.5 Å².